The number of para-hydroxylation sites is 1. The first kappa shape index (κ1) is 20.8. The lowest BCUT2D eigenvalue weighted by molar-refractivity contribution is 0.241. The number of sulfonamides is 1. The van der Waals surface area contributed by atoms with Gasteiger partial charge < -0.3 is 9.47 Å². The first-order valence-electron chi connectivity index (χ1n) is 10.3. The summed E-state index contributed by atoms with van der Waals surface area (Å²) in [4.78, 5) is 9.93. The van der Waals surface area contributed by atoms with E-state index in [4.69, 9.17) is 4.98 Å². The Morgan fingerprint density at radius 2 is 1.70 bits per heavy atom. The van der Waals surface area contributed by atoms with E-state index in [1.807, 2.05) is 12.1 Å². The van der Waals surface area contributed by atoms with Crippen molar-refractivity contribution < 1.29 is 8.42 Å². The van der Waals surface area contributed by atoms with Crippen molar-refractivity contribution in [3.05, 3.63) is 54.4 Å². The second-order valence-electron chi connectivity index (χ2n) is 7.81. The summed E-state index contributed by atoms with van der Waals surface area (Å²) >= 11 is 0. The number of hydrogen-bond acceptors (Lipinski definition) is 5. The molecule has 7 nitrogen and oxygen atoms in total. The maximum absolute atomic E-state index is 12.5. The molecule has 2 aromatic carbocycles. The van der Waals surface area contributed by atoms with Gasteiger partial charge in [0.25, 0.3) is 0 Å². The van der Waals surface area contributed by atoms with Crippen molar-refractivity contribution in [2.75, 3.05) is 45.2 Å². The molecule has 1 saturated heterocycles. The summed E-state index contributed by atoms with van der Waals surface area (Å²) in [6, 6.07) is 15.8. The topological polar surface area (TPSA) is 61.7 Å². The average molecular weight is 428 g/mol. The third kappa shape index (κ3) is 3.95. The highest BCUT2D eigenvalue weighted by Gasteiger charge is 2.22. The fourth-order valence-electron chi connectivity index (χ4n) is 4.01. The van der Waals surface area contributed by atoms with Crippen LogP contribution < -0.4 is 4.90 Å². The molecule has 0 N–H and O–H groups in total. The number of rotatable bonds is 6. The molecule has 4 rings (SSSR count). The summed E-state index contributed by atoms with van der Waals surface area (Å²) in [5.41, 5.74) is 2.98. The lowest BCUT2D eigenvalue weighted by Gasteiger charge is -2.36. The fourth-order valence-corrected chi connectivity index (χ4v) is 4.93. The monoisotopic (exact) mass is 427 g/mol. The summed E-state index contributed by atoms with van der Waals surface area (Å²) in [5.74, 6) is 0.986. The van der Waals surface area contributed by atoms with Gasteiger partial charge in [-0.3, -0.25) is 4.90 Å². The Hall–Kier alpha value is -2.42. The number of nitrogens with zero attached hydrogens (tertiary/aromatic N) is 5. The van der Waals surface area contributed by atoms with E-state index in [2.05, 4.69) is 45.6 Å². The molecule has 2 heterocycles. The lowest BCUT2D eigenvalue weighted by Crippen LogP contribution is -2.46. The van der Waals surface area contributed by atoms with Crippen LogP contribution in [-0.4, -0.2) is 67.4 Å². The second-order valence-corrected chi connectivity index (χ2v) is 9.96. The smallest absolute Gasteiger partial charge is 0.242 e. The Labute approximate surface area is 178 Å². The van der Waals surface area contributed by atoms with Gasteiger partial charge >= 0.3 is 0 Å². The maximum Gasteiger partial charge on any atom is 0.242 e. The van der Waals surface area contributed by atoms with Crippen molar-refractivity contribution in [1.82, 2.24) is 18.8 Å². The van der Waals surface area contributed by atoms with E-state index in [0.717, 1.165) is 56.1 Å². The minimum Gasteiger partial charge on any atom is -0.369 e. The zero-order chi connectivity index (χ0) is 21.3. The Bertz CT molecular complexity index is 1120. The Morgan fingerprint density at radius 3 is 2.33 bits per heavy atom. The van der Waals surface area contributed by atoms with Crippen LogP contribution in [0.15, 0.2) is 53.4 Å². The molecule has 160 valence electrons. The molecular formula is C22H29N5O2S. The average Bonchev–Trinajstić information content (AvgIpc) is 3.10. The van der Waals surface area contributed by atoms with Gasteiger partial charge in [0, 0.05) is 52.5 Å². The first-order chi connectivity index (χ1) is 14.4. The molecule has 0 aliphatic carbocycles. The van der Waals surface area contributed by atoms with E-state index in [1.165, 1.54) is 9.99 Å². The normalized spacial score (nSPS) is 15.9. The summed E-state index contributed by atoms with van der Waals surface area (Å²) in [5, 5.41) is 0. The number of hydrogen-bond donors (Lipinski definition) is 0. The zero-order valence-electron chi connectivity index (χ0n) is 17.8. The zero-order valence-corrected chi connectivity index (χ0v) is 18.6. The van der Waals surface area contributed by atoms with Gasteiger partial charge in [0.2, 0.25) is 10.0 Å². The molecule has 1 aliphatic heterocycles. The number of aryl methyl sites for hydroxylation is 1. The first-order valence-corrected chi connectivity index (χ1v) is 11.8. The number of anilines is 1. The third-order valence-corrected chi connectivity index (χ3v) is 7.56. The molecule has 1 aliphatic rings. The summed E-state index contributed by atoms with van der Waals surface area (Å²) in [6.07, 6.45) is 0. The highest BCUT2D eigenvalue weighted by molar-refractivity contribution is 7.89. The molecule has 8 heteroatoms. The standard InChI is InChI=1S/C22H29N5O2S/c1-4-27-21-11-10-19(30(28,29)24(2)3)16-20(21)23-22(27)17-25-12-14-26(15-13-25)18-8-6-5-7-9-18/h5-11,16H,4,12-15,17H2,1-3H3. The van der Waals surface area contributed by atoms with Crippen LogP contribution in [0, 0.1) is 0 Å². The predicted molar refractivity (Wildman–Crippen MR) is 120 cm³/mol. The van der Waals surface area contributed by atoms with Crippen molar-refractivity contribution in [3.8, 4) is 0 Å². The SMILES string of the molecule is CCn1c(CN2CCN(c3ccccc3)CC2)nc2cc(S(=O)(=O)N(C)C)ccc21. The minimum absolute atomic E-state index is 0.281. The van der Waals surface area contributed by atoms with Gasteiger partial charge in [-0.25, -0.2) is 17.7 Å². The van der Waals surface area contributed by atoms with Crippen LogP contribution in [0.4, 0.5) is 5.69 Å². The van der Waals surface area contributed by atoms with Crippen LogP contribution >= 0.6 is 0 Å². The molecule has 1 fully saturated rings. The fraction of sp³-hybridized carbons (Fsp3) is 0.409. The number of imidazole rings is 1. The van der Waals surface area contributed by atoms with Crippen LogP contribution in [0.5, 0.6) is 0 Å². The van der Waals surface area contributed by atoms with Crippen LogP contribution in [0.3, 0.4) is 0 Å². The van der Waals surface area contributed by atoms with Gasteiger partial charge in [-0.05, 0) is 37.3 Å². The van der Waals surface area contributed by atoms with E-state index in [0.29, 0.717) is 0 Å². The number of benzene rings is 2. The second kappa shape index (κ2) is 8.37. The van der Waals surface area contributed by atoms with Crippen molar-refractivity contribution >= 4 is 26.7 Å². The maximum atomic E-state index is 12.5. The Morgan fingerprint density at radius 1 is 1.00 bits per heavy atom. The number of aromatic nitrogens is 2. The van der Waals surface area contributed by atoms with Gasteiger partial charge in [-0.15, -0.1) is 0 Å². The van der Waals surface area contributed by atoms with Crippen LogP contribution in [-0.2, 0) is 23.1 Å². The largest absolute Gasteiger partial charge is 0.369 e. The molecule has 0 radical (unpaired) electrons. The number of piperazine rings is 1. The molecule has 0 atom stereocenters. The summed E-state index contributed by atoms with van der Waals surface area (Å²) < 4.78 is 28.4. The molecule has 30 heavy (non-hydrogen) atoms. The molecule has 1 aromatic heterocycles. The molecule has 0 amide bonds. The van der Waals surface area contributed by atoms with Crippen molar-refractivity contribution in [2.24, 2.45) is 0 Å². The minimum atomic E-state index is -3.47. The van der Waals surface area contributed by atoms with E-state index in [9.17, 15) is 8.42 Å². The van der Waals surface area contributed by atoms with Crippen LogP contribution in [0.25, 0.3) is 11.0 Å². The highest BCUT2D eigenvalue weighted by atomic mass is 32.2. The number of fused-ring (bicyclic) bond motifs is 1. The molecule has 0 spiro atoms. The van der Waals surface area contributed by atoms with Crippen LogP contribution in [0.2, 0.25) is 0 Å². The van der Waals surface area contributed by atoms with Gasteiger partial charge in [0.15, 0.2) is 0 Å². The van der Waals surface area contributed by atoms with Gasteiger partial charge in [0.05, 0.1) is 22.5 Å². The van der Waals surface area contributed by atoms with Crippen molar-refractivity contribution in [1.29, 1.82) is 0 Å². The van der Waals surface area contributed by atoms with E-state index in [-0.39, 0.29) is 4.90 Å². The van der Waals surface area contributed by atoms with Crippen LogP contribution in [0.1, 0.15) is 12.7 Å². The van der Waals surface area contributed by atoms with E-state index < -0.39 is 10.0 Å². The molecule has 0 bridgehead atoms. The van der Waals surface area contributed by atoms with E-state index in [1.54, 1.807) is 26.2 Å². The molecule has 3 aromatic rings. The Balaban J connectivity index is 1.53. The van der Waals surface area contributed by atoms with Gasteiger partial charge in [-0.2, -0.15) is 0 Å². The summed E-state index contributed by atoms with van der Waals surface area (Å²) in [7, 11) is -0.378. The van der Waals surface area contributed by atoms with Gasteiger partial charge in [0.1, 0.15) is 5.82 Å². The molecule has 0 saturated carbocycles. The van der Waals surface area contributed by atoms with Crippen molar-refractivity contribution in [3.63, 3.8) is 0 Å². The van der Waals surface area contributed by atoms with Crippen molar-refractivity contribution in [2.45, 2.75) is 24.9 Å². The predicted octanol–water partition coefficient (Wildman–Crippen LogP) is 2.63. The Kier molecular flexibility index (Phi) is 5.81. The van der Waals surface area contributed by atoms with Gasteiger partial charge in [-0.1, -0.05) is 18.2 Å². The molecular weight excluding hydrogens is 398 g/mol. The third-order valence-electron chi connectivity index (χ3n) is 5.75. The lowest BCUT2D eigenvalue weighted by atomic mass is 10.2. The van der Waals surface area contributed by atoms with E-state index >= 15 is 0 Å². The quantitative estimate of drug-likeness (QED) is 0.605. The summed E-state index contributed by atoms with van der Waals surface area (Å²) in [6.45, 7) is 7.59. The molecule has 0 unspecified atom stereocenters. The highest BCUT2D eigenvalue weighted by Crippen LogP contribution is 2.23.